The summed E-state index contributed by atoms with van der Waals surface area (Å²) >= 11 is 7.57. The maximum atomic E-state index is 12.3. The Kier molecular flexibility index (Phi) is 4.46. The molecular formula is C16H16ClN3O2S. The van der Waals surface area contributed by atoms with Gasteiger partial charge in [-0.3, -0.25) is 14.2 Å². The van der Waals surface area contributed by atoms with E-state index in [0.29, 0.717) is 27.2 Å². The molecule has 1 unspecified atom stereocenters. The average molecular weight is 350 g/mol. The second-order valence-corrected chi connectivity index (χ2v) is 6.92. The van der Waals surface area contributed by atoms with E-state index >= 15 is 0 Å². The monoisotopic (exact) mass is 349 g/mol. The zero-order chi connectivity index (χ0) is 16.6. The van der Waals surface area contributed by atoms with Crippen molar-refractivity contribution in [2.45, 2.75) is 31.5 Å². The van der Waals surface area contributed by atoms with Gasteiger partial charge in [0.15, 0.2) is 5.16 Å². The number of rotatable bonds is 3. The van der Waals surface area contributed by atoms with Crippen LogP contribution in [-0.4, -0.2) is 21.2 Å². The minimum absolute atomic E-state index is 0.0725. The van der Waals surface area contributed by atoms with E-state index in [0.717, 1.165) is 5.56 Å². The number of amides is 1. The molecule has 1 N–H and O–H groups in total. The first kappa shape index (κ1) is 16.1. The molecular weight excluding hydrogens is 334 g/mol. The lowest BCUT2D eigenvalue weighted by Gasteiger charge is -2.14. The molecule has 2 heterocycles. The summed E-state index contributed by atoms with van der Waals surface area (Å²) in [4.78, 5) is 28.9. The molecule has 120 valence electrons. The Morgan fingerprint density at radius 1 is 1.48 bits per heavy atom. The van der Waals surface area contributed by atoms with E-state index in [1.54, 1.807) is 29.8 Å². The molecule has 0 aliphatic carbocycles. The molecule has 0 fully saturated rings. The van der Waals surface area contributed by atoms with Crippen LogP contribution in [-0.2, 0) is 4.79 Å². The molecule has 1 aliphatic heterocycles. The van der Waals surface area contributed by atoms with E-state index < -0.39 is 0 Å². The van der Waals surface area contributed by atoms with Crippen molar-refractivity contribution in [1.82, 2.24) is 9.55 Å². The van der Waals surface area contributed by atoms with E-state index in [4.69, 9.17) is 11.6 Å². The first-order valence-corrected chi connectivity index (χ1v) is 8.59. The zero-order valence-electron chi connectivity index (χ0n) is 12.8. The van der Waals surface area contributed by atoms with Crippen LogP contribution >= 0.6 is 23.4 Å². The highest BCUT2D eigenvalue weighted by atomic mass is 35.5. The number of thioether (sulfide) groups is 1. The van der Waals surface area contributed by atoms with Crippen LogP contribution in [0, 0.1) is 13.8 Å². The maximum Gasteiger partial charge on any atom is 0.257 e. The van der Waals surface area contributed by atoms with E-state index in [2.05, 4.69) is 10.3 Å². The number of nitrogens with zero attached hydrogens (tertiary/aromatic N) is 2. The van der Waals surface area contributed by atoms with Crippen LogP contribution in [0.3, 0.4) is 0 Å². The number of carbonyl (C=O) groups excluding carboxylic acids is 1. The average Bonchev–Trinajstić information content (AvgIpc) is 2.91. The van der Waals surface area contributed by atoms with Gasteiger partial charge in [-0.05, 0) is 31.5 Å². The van der Waals surface area contributed by atoms with Crippen molar-refractivity contribution in [1.29, 1.82) is 0 Å². The molecule has 1 aromatic heterocycles. The Balaban J connectivity index is 1.77. The molecule has 0 bridgehead atoms. The number of carbonyl (C=O) groups is 1. The van der Waals surface area contributed by atoms with E-state index in [1.165, 1.54) is 11.8 Å². The van der Waals surface area contributed by atoms with Crippen molar-refractivity contribution in [2.75, 3.05) is 11.1 Å². The lowest BCUT2D eigenvalue weighted by Crippen LogP contribution is -2.28. The zero-order valence-corrected chi connectivity index (χ0v) is 14.4. The lowest BCUT2D eigenvalue weighted by molar-refractivity contribution is -0.116. The Morgan fingerprint density at radius 2 is 2.26 bits per heavy atom. The molecule has 2 aromatic rings. The minimum Gasteiger partial charge on any atom is -0.326 e. The molecule has 0 radical (unpaired) electrons. The molecule has 0 saturated heterocycles. The summed E-state index contributed by atoms with van der Waals surface area (Å²) in [6, 6.07) is 5.22. The van der Waals surface area contributed by atoms with Crippen LogP contribution in [0.15, 0.2) is 34.3 Å². The number of aromatic nitrogens is 2. The van der Waals surface area contributed by atoms with Gasteiger partial charge in [0.25, 0.3) is 5.56 Å². The Bertz CT molecular complexity index is 835. The highest BCUT2D eigenvalue weighted by Gasteiger charge is 2.27. The van der Waals surface area contributed by atoms with Crippen molar-refractivity contribution >= 4 is 35.0 Å². The predicted molar refractivity (Wildman–Crippen MR) is 92.4 cm³/mol. The summed E-state index contributed by atoms with van der Waals surface area (Å²) in [5, 5.41) is 4.16. The number of benzene rings is 1. The Morgan fingerprint density at radius 3 is 3.04 bits per heavy atom. The Hall–Kier alpha value is -1.79. The molecule has 0 saturated carbocycles. The van der Waals surface area contributed by atoms with Crippen LogP contribution in [0.2, 0.25) is 5.02 Å². The second kappa shape index (κ2) is 6.37. The number of hydrogen-bond donors (Lipinski definition) is 1. The van der Waals surface area contributed by atoms with Crippen molar-refractivity contribution in [3.05, 3.63) is 50.9 Å². The number of hydrogen-bond acceptors (Lipinski definition) is 4. The third-order valence-electron chi connectivity index (χ3n) is 3.86. The van der Waals surface area contributed by atoms with Gasteiger partial charge in [-0.25, -0.2) is 4.98 Å². The molecule has 5 nitrogen and oxygen atoms in total. The van der Waals surface area contributed by atoms with Gasteiger partial charge in [0.1, 0.15) is 0 Å². The first-order valence-electron chi connectivity index (χ1n) is 7.23. The number of fused-ring (bicyclic) bond motifs is 1. The van der Waals surface area contributed by atoms with Crippen LogP contribution in [0.25, 0.3) is 0 Å². The van der Waals surface area contributed by atoms with Gasteiger partial charge in [0, 0.05) is 34.6 Å². The number of halogens is 1. The molecule has 7 heteroatoms. The fourth-order valence-electron chi connectivity index (χ4n) is 2.53. The summed E-state index contributed by atoms with van der Waals surface area (Å²) in [6.07, 6.45) is 1.82. The highest BCUT2D eigenvalue weighted by Crippen LogP contribution is 2.32. The third kappa shape index (κ3) is 3.14. The topological polar surface area (TPSA) is 64.0 Å². The number of aryl methyl sites for hydroxylation is 1. The molecule has 1 atom stereocenters. The Labute approximate surface area is 143 Å². The maximum absolute atomic E-state index is 12.3. The van der Waals surface area contributed by atoms with Gasteiger partial charge >= 0.3 is 0 Å². The van der Waals surface area contributed by atoms with Crippen LogP contribution in [0.1, 0.15) is 23.6 Å². The molecule has 0 spiro atoms. The van der Waals surface area contributed by atoms with Crippen LogP contribution < -0.4 is 10.9 Å². The summed E-state index contributed by atoms with van der Waals surface area (Å²) in [7, 11) is 0. The van der Waals surface area contributed by atoms with Crippen molar-refractivity contribution in [3.8, 4) is 0 Å². The third-order valence-corrected chi connectivity index (χ3v) is 5.38. The molecule has 1 aliphatic rings. The lowest BCUT2D eigenvalue weighted by atomic mass is 10.1. The van der Waals surface area contributed by atoms with Gasteiger partial charge in [-0.15, -0.1) is 0 Å². The van der Waals surface area contributed by atoms with Gasteiger partial charge in [0.2, 0.25) is 5.91 Å². The van der Waals surface area contributed by atoms with E-state index in [9.17, 15) is 9.59 Å². The summed E-state index contributed by atoms with van der Waals surface area (Å²) in [5.41, 5.74) is 2.05. The molecule has 3 rings (SSSR count). The quantitative estimate of drug-likeness (QED) is 0.864. The fourth-order valence-corrected chi connectivity index (χ4v) is 3.81. The number of nitrogens with one attached hydrogen (secondary N) is 1. The predicted octanol–water partition coefficient (Wildman–Crippen LogP) is 3.19. The largest absolute Gasteiger partial charge is 0.326 e. The summed E-state index contributed by atoms with van der Waals surface area (Å²) < 4.78 is 1.63. The van der Waals surface area contributed by atoms with Gasteiger partial charge < -0.3 is 5.32 Å². The minimum atomic E-state index is -0.172. The summed E-state index contributed by atoms with van der Waals surface area (Å²) in [5.74, 6) is 0.537. The van der Waals surface area contributed by atoms with E-state index in [-0.39, 0.29) is 23.9 Å². The first-order chi connectivity index (χ1) is 11.0. The molecule has 1 amide bonds. The highest BCUT2D eigenvalue weighted by molar-refractivity contribution is 7.99. The van der Waals surface area contributed by atoms with Crippen LogP contribution in [0.4, 0.5) is 5.69 Å². The van der Waals surface area contributed by atoms with Gasteiger partial charge in [0.05, 0.1) is 6.04 Å². The van der Waals surface area contributed by atoms with Gasteiger partial charge in [-0.2, -0.15) is 0 Å². The fraction of sp³-hybridized carbons (Fsp3) is 0.312. The standard InChI is InChI=1S/C16H16ClN3O2S/c1-9-7-18-16-20(15(9)22)11(8-23-16)6-14(21)19-13-5-3-4-12(17)10(13)2/h3-5,7,11H,6,8H2,1-2H3,(H,19,21). The normalized spacial score (nSPS) is 16.2. The van der Waals surface area contributed by atoms with Crippen LogP contribution in [0.5, 0.6) is 0 Å². The van der Waals surface area contributed by atoms with Crippen molar-refractivity contribution < 1.29 is 4.79 Å². The van der Waals surface area contributed by atoms with Crippen molar-refractivity contribution in [3.63, 3.8) is 0 Å². The second-order valence-electron chi connectivity index (χ2n) is 5.53. The smallest absolute Gasteiger partial charge is 0.257 e. The molecule has 1 aromatic carbocycles. The SMILES string of the molecule is Cc1c(Cl)cccc1NC(=O)CC1CSc2ncc(C)c(=O)n21. The number of anilines is 1. The summed E-state index contributed by atoms with van der Waals surface area (Å²) in [6.45, 7) is 3.59. The van der Waals surface area contributed by atoms with E-state index in [1.807, 2.05) is 13.0 Å². The van der Waals surface area contributed by atoms with Crippen molar-refractivity contribution in [2.24, 2.45) is 0 Å². The van der Waals surface area contributed by atoms with Gasteiger partial charge in [-0.1, -0.05) is 29.4 Å². The molecule has 23 heavy (non-hydrogen) atoms.